The van der Waals surface area contributed by atoms with Gasteiger partial charge in [0.25, 0.3) is 0 Å². The number of hydrogen-bond donors (Lipinski definition) is 3. The van der Waals surface area contributed by atoms with Crippen molar-refractivity contribution in [2.75, 3.05) is 30.0 Å². The van der Waals surface area contributed by atoms with E-state index in [2.05, 4.69) is 20.7 Å². The van der Waals surface area contributed by atoms with Crippen LogP contribution in [0, 0.1) is 11.7 Å². The van der Waals surface area contributed by atoms with E-state index in [1.54, 1.807) is 0 Å². The molecule has 0 radical (unpaired) electrons. The van der Waals surface area contributed by atoms with E-state index in [1.807, 2.05) is 4.90 Å². The number of amides is 1. The lowest BCUT2D eigenvalue weighted by molar-refractivity contribution is -0.119. The van der Waals surface area contributed by atoms with Crippen molar-refractivity contribution in [2.45, 2.75) is 19.8 Å². The van der Waals surface area contributed by atoms with Gasteiger partial charge in [0, 0.05) is 26.6 Å². The molecule has 2 rings (SSSR count). The van der Waals surface area contributed by atoms with Gasteiger partial charge in [0.1, 0.15) is 0 Å². The summed E-state index contributed by atoms with van der Waals surface area (Å²) in [6, 6.07) is 0. The Kier molecular flexibility index (Phi) is 4.67. The number of carbonyl (C=O) groups is 1. The topological polar surface area (TPSA) is 96.2 Å². The highest BCUT2D eigenvalue weighted by atomic mass is 19.1. The van der Waals surface area contributed by atoms with Gasteiger partial charge in [0.2, 0.25) is 11.9 Å². The van der Waals surface area contributed by atoms with E-state index in [-0.39, 0.29) is 17.7 Å². The molecule has 0 spiro atoms. The Labute approximate surface area is 116 Å². The number of piperidine rings is 1. The van der Waals surface area contributed by atoms with Gasteiger partial charge in [-0.05, 0) is 18.8 Å². The predicted octanol–water partition coefficient (Wildman–Crippen LogP) is 0.254. The molecule has 1 aromatic heterocycles. The smallest absolute Gasteiger partial charge is 0.239 e. The monoisotopic (exact) mass is 282 g/mol. The molecule has 1 aliphatic rings. The average Bonchev–Trinajstić information content (AvgIpc) is 2.46. The van der Waals surface area contributed by atoms with Crippen molar-refractivity contribution in [1.29, 1.82) is 0 Å². The fourth-order valence-electron chi connectivity index (χ4n) is 2.29. The number of nitrogen functional groups attached to an aromatic ring is 1. The molecule has 2 heterocycles. The Bertz CT molecular complexity index is 475. The SMILES string of the molecule is CC(=O)NCC1CCN(c2nc(NN)ncc2F)CC1. The highest BCUT2D eigenvalue weighted by Gasteiger charge is 2.22. The third kappa shape index (κ3) is 3.53. The van der Waals surface area contributed by atoms with Crippen LogP contribution in [0.15, 0.2) is 6.20 Å². The summed E-state index contributed by atoms with van der Waals surface area (Å²) in [5, 5.41) is 2.82. The van der Waals surface area contributed by atoms with Crippen molar-refractivity contribution in [3.8, 4) is 0 Å². The summed E-state index contributed by atoms with van der Waals surface area (Å²) in [5.41, 5.74) is 2.31. The zero-order valence-corrected chi connectivity index (χ0v) is 11.4. The van der Waals surface area contributed by atoms with Crippen LogP contribution in [-0.4, -0.2) is 35.5 Å². The molecule has 7 nitrogen and oxygen atoms in total. The molecule has 0 aromatic carbocycles. The maximum atomic E-state index is 13.7. The number of hydrogen-bond acceptors (Lipinski definition) is 6. The third-order valence-electron chi connectivity index (χ3n) is 3.41. The summed E-state index contributed by atoms with van der Waals surface area (Å²) in [4.78, 5) is 20.5. The van der Waals surface area contributed by atoms with Gasteiger partial charge in [-0.1, -0.05) is 0 Å². The lowest BCUT2D eigenvalue weighted by Gasteiger charge is -2.32. The Morgan fingerprint density at radius 2 is 2.25 bits per heavy atom. The first-order valence-electron chi connectivity index (χ1n) is 6.58. The van der Waals surface area contributed by atoms with Crippen molar-refractivity contribution >= 4 is 17.7 Å². The van der Waals surface area contributed by atoms with Gasteiger partial charge in [-0.3, -0.25) is 10.2 Å². The summed E-state index contributed by atoms with van der Waals surface area (Å²) in [6.07, 6.45) is 2.88. The molecular weight excluding hydrogens is 263 g/mol. The molecule has 0 atom stereocenters. The Morgan fingerprint density at radius 1 is 1.55 bits per heavy atom. The zero-order valence-electron chi connectivity index (χ0n) is 11.4. The molecule has 1 amide bonds. The van der Waals surface area contributed by atoms with E-state index < -0.39 is 5.82 Å². The van der Waals surface area contributed by atoms with Crippen LogP contribution in [0.25, 0.3) is 0 Å². The normalized spacial score (nSPS) is 16.1. The number of aromatic nitrogens is 2. The van der Waals surface area contributed by atoms with Gasteiger partial charge in [-0.25, -0.2) is 15.2 Å². The van der Waals surface area contributed by atoms with Gasteiger partial charge in [0.05, 0.1) is 6.20 Å². The van der Waals surface area contributed by atoms with Crippen LogP contribution in [0.4, 0.5) is 16.2 Å². The molecule has 1 aliphatic heterocycles. The van der Waals surface area contributed by atoms with Crippen LogP contribution in [0.1, 0.15) is 19.8 Å². The first-order valence-corrected chi connectivity index (χ1v) is 6.58. The molecule has 110 valence electrons. The minimum Gasteiger partial charge on any atom is -0.356 e. The number of nitrogens with one attached hydrogen (secondary N) is 2. The quantitative estimate of drug-likeness (QED) is 0.541. The largest absolute Gasteiger partial charge is 0.356 e. The fourth-order valence-corrected chi connectivity index (χ4v) is 2.29. The number of halogens is 1. The van der Waals surface area contributed by atoms with Gasteiger partial charge < -0.3 is 10.2 Å². The Morgan fingerprint density at radius 3 is 2.85 bits per heavy atom. The number of rotatable bonds is 4. The van der Waals surface area contributed by atoms with Crippen molar-refractivity contribution in [3.63, 3.8) is 0 Å². The number of nitrogens with zero attached hydrogens (tertiary/aromatic N) is 3. The molecule has 0 bridgehead atoms. The van der Waals surface area contributed by atoms with Crippen molar-refractivity contribution in [2.24, 2.45) is 11.8 Å². The molecule has 0 aliphatic carbocycles. The third-order valence-corrected chi connectivity index (χ3v) is 3.41. The molecule has 1 aromatic rings. The summed E-state index contributed by atoms with van der Waals surface area (Å²) >= 11 is 0. The minimum atomic E-state index is -0.454. The Hall–Kier alpha value is -1.96. The predicted molar refractivity (Wildman–Crippen MR) is 73.4 cm³/mol. The first kappa shape index (κ1) is 14.4. The van der Waals surface area contributed by atoms with Crippen LogP contribution in [0.2, 0.25) is 0 Å². The van der Waals surface area contributed by atoms with E-state index >= 15 is 0 Å². The van der Waals surface area contributed by atoms with Crippen LogP contribution >= 0.6 is 0 Å². The number of anilines is 2. The Balaban J connectivity index is 1.95. The lowest BCUT2D eigenvalue weighted by Crippen LogP contribution is -2.39. The highest BCUT2D eigenvalue weighted by molar-refractivity contribution is 5.72. The van der Waals surface area contributed by atoms with Crippen LogP contribution in [0.5, 0.6) is 0 Å². The molecule has 4 N–H and O–H groups in total. The van der Waals surface area contributed by atoms with Gasteiger partial charge >= 0.3 is 0 Å². The van der Waals surface area contributed by atoms with Gasteiger partial charge in [-0.15, -0.1) is 0 Å². The second-order valence-corrected chi connectivity index (χ2v) is 4.88. The maximum absolute atomic E-state index is 13.7. The molecular formula is C12H19FN6O. The van der Waals surface area contributed by atoms with Gasteiger partial charge in [0.15, 0.2) is 11.6 Å². The van der Waals surface area contributed by atoms with Crippen molar-refractivity contribution in [3.05, 3.63) is 12.0 Å². The molecule has 0 unspecified atom stereocenters. The molecule has 1 saturated heterocycles. The standard InChI is InChI=1S/C12H19FN6O/c1-8(20)15-6-9-2-4-19(5-3-9)11-10(13)7-16-12(17-11)18-14/h7,9H,2-6,14H2,1H3,(H,15,20)(H,16,17,18). The summed E-state index contributed by atoms with van der Waals surface area (Å²) in [5.74, 6) is 5.65. The fraction of sp³-hybridized carbons (Fsp3) is 0.583. The molecule has 20 heavy (non-hydrogen) atoms. The number of nitrogens with two attached hydrogens (primary N) is 1. The average molecular weight is 282 g/mol. The van der Waals surface area contributed by atoms with E-state index in [0.29, 0.717) is 25.6 Å². The van der Waals surface area contributed by atoms with Crippen LogP contribution in [0.3, 0.4) is 0 Å². The van der Waals surface area contributed by atoms with E-state index in [1.165, 1.54) is 6.92 Å². The van der Waals surface area contributed by atoms with Crippen molar-refractivity contribution in [1.82, 2.24) is 15.3 Å². The van der Waals surface area contributed by atoms with Crippen LogP contribution in [-0.2, 0) is 4.79 Å². The lowest BCUT2D eigenvalue weighted by atomic mass is 9.97. The van der Waals surface area contributed by atoms with E-state index in [9.17, 15) is 9.18 Å². The second kappa shape index (κ2) is 6.47. The zero-order chi connectivity index (χ0) is 14.5. The molecule has 8 heteroatoms. The number of carbonyl (C=O) groups excluding carboxylic acids is 1. The second-order valence-electron chi connectivity index (χ2n) is 4.88. The van der Waals surface area contributed by atoms with Crippen LogP contribution < -0.4 is 21.5 Å². The maximum Gasteiger partial charge on any atom is 0.239 e. The minimum absolute atomic E-state index is 0.0204. The molecule has 1 fully saturated rings. The van der Waals surface area contributed by atoms with Crippen molar-refractivity contribution < 1.29 is 9.18 Å². The van der Waals surface area contributed by atoms with E-state index in [0.717, 1.165) is 19.0 Å². The summed E-state index contributed by atoms with van der Waals surface area (Å²) in [7, 11) is 0. The first-order chi connectivity index (χ1) is 9.60. The number of hydrazine groups is 1. The highest BCUT2D eigenvalue weighted by Crippen LogP contribution is 2.24. The summed E-state index contributed by atoms with van der Waals surface area (Å²) < 4.78 is 13.7. The molecule has 0 saturated carbocycles. The van der Waals surface area contributed by atoms with E-state index in [4.69, 9.17) is 5.84 Å². The summed E-state index contributed by atoms with van der Waals surface area (Å²) in [6.45, 7) is 3.57. The van der Waals surface area contributed by atoms with Gasteiger partial charge in [-0.2, -0.15) is 4.98 Å².